The first kappa shape index (κ1) is 22.3. The second-order valence-corrected chi connectivity index (χ2v) is 8.38. The molecule has 32 heavy (non-hydrogen) atoms. The molecule has 4 rings (SSSR count). The maximum Gasteiger partial charge on any atom is 0.352 e. The van der Waals surface area contributed by atoms with Crippen LogP contribution < -0.4 is 5.32 Å². The fourth-order valence-corrected chi connectivity index (χ4v) is 4.63. The highest BCUT2D eigenvalue weighted by Crippen LogP contribution is 2.41. The minimum absolute atomic E-state index is 0.171. The highest BCUT2D eigenvalue weighted by molar-refractivity contribution is 6.04. The summed E-state index contributed by atoms with van der Waals surface area (Å²) in [6.07, 6.45) is 0.779. The van der Waals surface area contributed by atoms with E-state index in [9.17, 15) is 19.1 Å². The highest BCUT2D eigenvalue weighted by atomic mass is 19.3. The molecule has 3 atom stereocenters. The summed E-state index contributed by atoms with van der Waals surface area (Å²) >= 11 is 0. The summed E-state index contributed by atoms with van der Waals surface area (Å²) in [6.45, 7) is 1.48. The largest absolute Gasteiger partial charge is 0.393 e. The predicted octanol–water partition coefficient (Wildman–Crippen LogP) is 4.13. The minimum Gasteiger partial charge on any atom is -0.393 e. The molecule has 0 saturated carbocycles. The molecule has 2 saturated heterocycles. The van der Waals surface area contributed by atoms with E-state index in [1.165, 1.54) is 19.1 Å². The van der Waals surface area contributed by atoms with Gasteiger partial charge in [-0.1, -0.05) is 6.07 Å². The average molecular weight is 450 g/mol. The number of halogens is 4. The number of fused-ring (bicyclic) bond motifs is 2. The maximum atomic E-state index is 15.2. The van der Waals surface area contributed by atoms with Gasteiger partial charge in [0, 0.05) is 17.8 Å². The number of hydrogen-bond acceptors (Lipinski definition) is 3. The van der Waals surface area contributed by atoms with E-state index < -0.39 is 58.7 Å². The molecule has 2 N–H and O–H groups in total. The number of aliphatic hydroxyl groups excluding tert-OH is 1. The first-order valence-corrected chi connectivity index (χ1v) is 10.3. The average Bonchev–Trinajstić information content (AvgIpc) is 3.00. The standard InChI is InChI=1S/C23H22F4N2O3/c1-12-9-13(5-8-19(12)24)28-21(31)17-3-2-4-18(20(17)25)23(26,27)22(32)29-14-6-7-15(29)11-16(30)10-14/h2-5,8-9,14-16,30H,6-7,10-11H2,1H3,(H,28,31)/t14-,15+,16+. The van der Waals surface area contributed by atoms with Crippen molar-refractivity contribution in [2.45, 2.75) is 56.7 Å². The van der Waals surface area contributed by atoms with Gasteiger partial charge < -0.3 is 15.3 Å². The van der Waals surface area contributed by atoms with Crippen LogP contribution in [0, 0.1) is 18.6 Å². The van der Waals surface area contributed by atoms with Crippen LogP contribution in [0.25, 0.3) is 0 Å². The molecule has 9 heteroatoms. The van der Waals surface area contributed by atoms with Crippen molar-refractivity contribution in [2.24, 2.45) is 0 Å². The third-order valence-electron chi connectivity index (χ3n) is 6.21. The van der Waals surface area contributed by atoms with Gasteiger partial charge in [-0.2, -0.15) is 8.78 Å². The molecule has 2 aliphatic heterocycles. The number of anilines is 1. The van der Waals surface area contributed by atoms with Crippen LogP contribution in [0.5, 0.6) is 0 Å². The summed E-state index contributed by atoms with van der Waals surface area (Å²) in [5, 5.41) is 12.2. The summed E-state index contributed by atoms with van der Waals surface area (Å²) in [4.78, 5) is 26.4. The lowest BCUT2D eigenvalue weighted by atomic mass is 9.96. The van der Waals surface area contributed by atoms with Crippen LogP contribution in [0.1, 0.15) is 47.2 Å². The molecule has 2 aliphatic rings. The SMILES string of the molecule is Cc1cc(NC(=O)c2cccc(C(F)(F)C(=O)N3[C@@H]4CC[C@H]3C[C@@H](O)C4)c2F)ccc1F. The Bertz CT molecular complexity index is 1060. The van der Waals surface area contributed by atoms with Gasteiger partial charge in [0.2, 0.25) is 0 Å². The third-order valence-corrected chi connectivity index (χ3v) is 6.21. The van der Waals surface area contributed by atoms with E-state index in [1.807, 2.05) is 0 Å². The van der Waals surface area contributed by atoms with Gasteiger partial charge in [0.1, 0.15) is 11.6 Å². The lowest BCUT2D eigenvalue weighted by molar-refractivity contribution is -0.166. The fourth-order valence-electron chi connectivity index (χ4n) is 4.63. The normalized spacial score (nSPS) is 22.7. The van der Waals surface area contributed by atoms with Crippen molar-refractivity contribution < 1.29 is 32.3 Å². The fraction of sp³-hybridized carbons (Fsp3) is 0.391. The number of piperidine rings is 1. The molecule has 2 fully saturated rings. The maximum absolute atomic E-state index is 15.2. The van der Waals surface area contributed by atoms with Gasteiger partial charge in [0.15, 0.2) is 0 Å². The van der Waals surface area contributed by atoms with Crippen LogP contribution in [-0.2, 0) is 10.7 Å². The molecule has 2 heterocycles. The topological polar surface area (TPSA) is 69.6 Å². The number of aryl methyl sites for hydroxylation is 1. The number of rotatable bonds is 4. The molecule has 2 aromatic carbocycles. The zero-order valence-electron chi connectivity index (χ0n) is 17.2. The summed E-state index contributed by atoms with van der Waals surface area (Å²) in [7, 11) is 0. The number of amides is 2. The molecule has 0 unspecified atom stereocenters. The van der Waals surface area contributed by atoms with E-state index in [1.54, 1.807) is 0 Å². The number of hydrogen-bond donors (Lipinski definition) is 2. The number of benzene rings is 2. The number of aliphatic hydroxyl groups is 1. The van der Waals surface area contributed by atoms with Crippen LogP contribution in [0.15, 0.2) is 36.4 Å². The molecule has 2 amide bonds. The second-order valence-electron chi connectivity index (χ2n) is 8.38. The molecule has 0 aliphatic carbocycles. The Kier molecular flexibility index (Phi) is 5.70. The van der Waals surface area contributed by atoms with E-state index in [-0.39, 0.29) is 24.1 Å². The van der Waals surface area contributed by atoms with Crippen molar-refractivity contribution in [1.29, 1.82) is 0 Å². The van der Waals surface area contributed by atoms with E-state index in [0.29, 0.717) is 12.8 Å². The van der Waals surface area contributed by atoms with Gasteiger partial charge in [-0.3, -0.25) is 9.59 Å². The molecule has 0 spiro atoms. The Morgan fingerprint density at radius 1 is 1.09 bits per heavy atom. The van der Waals surface area contributed by atoms with E-state index >= 15 is 13.2 Å². The zero-order valence-corrected chi connectivity index (χ0v) is 17.2. The molecule has 5 nitrogen and oxygen atoms in total. The summed E-state index contributed by atoms with van der Waals surface area (Å²) in [5.74, 6) is -8.70. The van der Waals surface area contributed by atoms with Crippen molar-refractivity contribution in [1.82, 2.24) is 4.90 Å². The number of carbonyl (C=O) groups is 2. The molecule has 2 aromatic rings. The Balaban J connectivity index is 1.60. The van der Waals surface area contributed by atoms with Crippen LogP contribution in [0.2, 0.25) is 0 Å². The van der Waals surface area contributed by atoms with Crippen molar-refractivity contribution >= 4 is 17.5 Å². The molecule has 0 radical (unpaired) electrons. The first-order chi connectivity index (χ1) is 15.1. The zero-order chi connectivity index (χ0) is 23.2. The van der Waals surface area contributed by atoms with Crippen LogP contribution >= 0.6 is 0 Å². The highest BCUT2D eigenvalue weighted by Gasteiger charge is 2.53. The number of carbonyl (C=O) groups excluding carboxylic acids is 2. The van der Waals surface area contributed by atoms with Crippen molar-refractivity contribution in [3.05, 3.63) is 64.7 Å². The lowest BCUT2D eigenvalue weighted by Gasteiger charge is -2.39. The molecular formula is C23H22F4N2O3. The summed E-state index contributed by atoms with van der Waals surface area (Å²) in [6, 6.07) is 5.58. The van der Waals surface area contributed by atoms with Gasteiger partial charge in [0.25, 0.3) is 11.8 Å². The van der Waals surface area contributed by atoms with E-state index in [2.05, 4.69) is 5.32 Å². The van der Waals surface area contributed by atoms with E-state index in [4.69, 9.17) is 0 Å². The van der Waals surface area contributed by atoms with Gasteiger partial charge in [-0.25, -0.2) is 8.78 Å². The van der Waals surface area contributed by atoms with Crippen LogP contribution in [0.3, 0.4) is 0 Å². The van der Waals surface area contributed by atoms with Gasteiger partial charge in [-0.15, -0.1) is 0 Å². The molecule has 0 aromatic heterocycles. The number of nitrogens with zero attached hydrogens (tertiary/aromatic N) is 1. The quantitative estimate of drug-likeness (QED) is 0.689. The summed E-state index contributed by atoms with van der Waals surface area (Å²) in [5.41, 5.74) is -1.43. The Morgan fingerprint density at radius 3 is 2.38 bits per heavy atom. The van der Waals surface area contributed by atoms with Gasteiger partial charge in [-0.05, 0) is 68.5 Å². The molecule has 170 valence electrons. The van der Waals surface area contributed by atoms with Gasteiger partial charge >= 0.3 is 5.92 Å². The Morgan fingerprint density at radius 2 is 1.75 bits per heavy atom. The Hall–Kier alpha value is -2.94. The van der Waals surface area contributed by atoms with Crippen LogP contribution in [0.4, 0.5) is 23.2 Å². The molecule has 2 bridgehead atoms. The van der Waals surface area contributed by atoms with Crippen molar-refractivity contribution in [3.8, 4) is 0 Å². The van der Waals surface area contributed by atoms with Crippen molar-refractivity contribution in [3.63, 3.8) is 0 Å². The summed E-state index contributed by atoms with van der Waals surface area (Å²) < 4.78 is 58.8. The predicted molar refractivity (Wildman–Crippen MR) is 108 cm³/mol. The Labute approximate surface area is 182 Å². The number of nitrogens with one attached hydrogen (secondary N) is 1. The smallest absolute Gasteiger partial charge is 0.352 e. The third kappa shape index (κ3) is 3.85. The van der Waals surface area contributed by atoms with Gasteiger partial charge in [0.05, 0.1) is 17.2 Å². The number of alkyl halides is 2. The lowest BCUT2D eigenvalue weighted by Crippen LogP contribution is -2.53. The monoisotopic (exact) mass is 450 g/mol. The second kappa shape index (κ2) is 8.20. The van der Waals surface area contributed by atoms with Crippen molar-refractivity contribution in [2.75, 3.05) is 5.32 Å². The van der Waals surface area contributed by atoms with Crippen LogP contribution in [-0.4, -0.2) is 40.0 Å². The first-order valence-electron chi connectivity index (χ1n) is 10.3. The van der Waals surface area contributed by atoms with E-state index in [0.717, 1.165) is 29.2 Å². The minimum atomic E-state index is -4.18. The molecular weight excluding hydrogens is 428 g/mol.